The molecule has 1 amide bonds. The third kappa shape index (κ3) is 4.49. The number of hydrogen-bond donors (Lipinski definition) is 2. The molecule has 5 heteroatoms. The zero-order valence-electron chi connectivity index (χ0n) is 16.9. The molecule has 1 heterocycles. The maximum Gasteiger partial charge on any atom is 0.238 e. The van der Waals surface area contributed by atoms with Crippen LogP contribution in [0.2, 0.25) is 0 Å². The highest BCUT2D eigenvalue weighted by molar-refractivity contribution is 5.93. The van der Waals surface area contributed by atoms with Gasteiger partial charge in [-0.3, -0.25) is 4.79 Å². The molecule has 0 radical (unpaired) electrons. The molecule has 146 valence electrons. The number of carbonyl (C=O) groups is 1. The van der Waals surface area contributed by atoms with E-state index in [2.05, 4.69) is 41.7 Å². The first-order valence-corrected chi connectivity index (χ1v) is 9.67. The zero-order valence-corrected chi connectivity index (χ0v) is 16.9. The number of aromatic nitrogens is 2. The van der Waals surface area contributed by atoms with E-state index in [9.17, 15) is 4.79 Å². The van der Waals surface area contributed by atoms with Gasteiger partial charge >= 0.3 is 0 Å². The third-order valence-electron chi connectivity index (χ3n) is 4.86. The quantitative estimate of drug-likeness (QED) is 0.642. The summed E-state index contributed by atoms with van der Waals surface area (Å²) in [6, 6.07) is 20.3. The number of rotatable bonds is 7. The highest BCUT2D eigenvalue weighted by atomic mass is 16.1. The molecule has 5 nitrogen and oxygen atoms in total. The van der Waals surface area contributed by atoms with E-state index in [1.807, 2.05) is 67.1 Å². The highest BCUT2D eigenvalue weighted by Gasteiger charge is 2.18. The van der Waals surface area contributed by atoms with Gasteiger partial charge in [0.1, 0.15) is 0 Å². The zero-order chi connectivity index (χ0) is 20.1. The Kier molecular flexibility index (Phi) is 6.26. The summed E-state index contributed by atoms with van der Waals surface area (Å²) in [5, 5.41) is 11.0. The molecule has 0 spiro atoms. The average molecular weight is 377 g/mol. The predicted octanol–water partition coefficient (Wildman–Crippen LogP) is 4.41. The lowest BCUT2D eigenvalue weighted by Gasteiger charge is -2.22. The second-order valence-corrected chi connectivity index (χ2v) is 7.35. The summed E-state index contributed by atoms with van der Waals surface area (Å²) in [6.45, 7) is 8.43. The van der Waals surface area contributed by atoms with Crippen molar-refractivity contribution >= 4 is 11.6 Å². The molecule has 2 N–H and O–H groups in total. The van der Waals surface area contributed by atoms with Crippen LogP contribution in [-0.2, 0) is 4.79 Å². The van der Waals surface area contributed by atoms with Crippen molar-refractivity contribution in [2.75, 3.05) is 11.9 Å². The van der Waals surface area contributed by atoms with Gasteiger partial charge in [0.25, 0.3) is 0 Å². The summed E-state index contributed by atoms with van der Waals surface area (Å²) in [6.07, 6.45) is 0. The number of amides is 1. The molecule has 0 bridgehead atoms. The summed E-state index contributed by atoms with van der Waals surface area (Å²) < 4.78 is 1.86. The van der Waals surface area contributed by atoms with Crippen LogP contribution in [0.3, 0.4) is 0 Å². The van der Waals surface area contributed by atoms with E-state index in [4.69, 9.17) is 0 Å². The third-order valence-corrected chi connectivity index (χ3v) is 4.86. The molecule has 1 atom stereocenters. The van der Waals surface area contributed by atoms with Gasteiger partial charge in [-0.2, -0.15) is 5.10 Å². The number of hydrogen-bond acceptors (Lipinski definition) is 3. The van der Waals surface area contributed by atoms with Gasteiger partial charge in [0.05, 0.1) is 29.3 Å². The van der Waals surface area contributed by atoms with E-state index in [-0.39, 0.29) is 18.5 Å². The molecule has 0 saturated carbocycles. The molecule has 2 aromatic carbocycles. The minimum atomic E-state index is -0.0691. The molecule has 0 aliphatic heterocycles. The number of aryl methyl sites for hydroxylation is 1. The van der Waals surface area contributed by atoms with Crippen LogP contribution in [0.25, 0.3) is 5.69 Å². The van der Waals surface area contributed by atoms with Gasteiger partial charge < -0.3 is 10.6 Å². The van der Waals surface area contributed by atoms with E-state index in [0.717, 1.165) is 22.8 Å². The normalized spacial score (nSPS) is 12.2. The van der Waals surface area contributed by atoms with Crippen LogP contribution in [0.1, 0.15) is 36.8 Å². The fourth-order valence-electron chi connectivity index (χ4n) is 3.43. The number of carbonyl (C=O) groups excluding carboxylic acids is 1. The van der Waals surface area contributed by atoms with Crippen molar-refractivity contribution < 1.29 is 4.79 Å². The minimum Gasteiger partial charge on any atom is -0.322 e. The number of anilines is 1. The summed E-state index contributed by atoms with van der Waals surface area (Å²) in [5.41, 5.74) is 4.66. The van der Waals surface area contributed by atoms with E-state index < -0.39 is 0 Å². The number of nitrogens with zero attached hydrogens (tertiary/aromatic N) is 2. The Bertz CT molecular complexity index is 917. The molecule has 3 aromatic rings. The first-order valence-electron chi connectivity index (χ1n) is 9.67. The lowest BCUT2D eigenvalue weighted by atomic mass is 9.96. The lowest BCUT2D eigenvalue weighted by molar-refractivity contribution is -0.115. The van der Waals surface area contributed by atoms with Gasteiger partial charge in [-0.05, 0) is 37.5 Å². The van der Waals surface area contributed by atoms with Crippen molar-refractivity contribution in [3.63, 3.8) is 0 Å². The topological polar surface area (TPSA) is 59.0 Å². The smallest absolute Gasteiger partial charge is 0.238 e. The van der Waals surface area contributed by atoms with E-state index in [0.29, 0.717) is 5.92 Å². The second-order valence-electron chi connectivity index (χ2n) is 7.35. The standard InChI is InChI=1S/C23H28N4O/c1-16(2)22(19-11-7-5-8-12-19)24-15-21(28)25-23-17(3)26-27(18(23)4)20-13-9-6-10-14-20/h5-14,16,22,24H,15H2,1-4H3,(H,25,28). The molecular weight excluding hydrogens is 348 g/mol. The Balaban J connectivity index is 1.69. The molecule has 28 heavy (non-hydrogen) atoms. The molecule has 1 aromatic heterocycles. The second kappa shape index (κ2) is 8.85. The Morgan fingerprint density at radius 3 is 2.21 bits per heavy atom. The SMILES string of the molecule is Cc1nn(-c2ccccc2)c(C)c1NC(=O)CNC(c1ccccc1)C(C)C. The minimum absolute atomic E-state index is 0.0691. The van der Waals surface area contributed by atoms with Crippen LogP contribution < -0.4 is 10.6 Å². The molecule has 3 rings (SSSR count). The number of benzene rings is 2. The summed E-state index contributed by atoms with van der Waals surface area (Å²) in [5.74, 6) is 0.305. The van der Waals surface area contributed by atoms with Crippen molar-refractivity contribution in [3.05, 3.63) is 77.6 Å². The molecule has 0 saturated heterocycles. The van der Waals surface area contributed by atoms with Gasteiger partial charge in [0, 0.05) is 6.04 Å². The van der Waals surface area contributed by atoms with Gasteiger partial charge in [0.2, 0.25) is 5.91 Å². The van der Waals surface area contributed by atoms with Gasteiger partial charge in [-0.1, -0.05) is 62.4 Å². The van der Waals surface area contributed by atoms with Crippen molar-refractivity contribution in [1.29, 1.82) is 0 Å². The molecule has 0 aliphatic rings. The number of para-hydroxylation sites is 1. The van der Waals surface area contributed by atoms with E-state index in [1.54, 1.807) is 0 Å². The van der Waals surface area contributed by atoms with Crippen LogP contribution in [0.4, 0.5) is 5.69 Å². The summed E-state index contributed by atoms with van der Waals surface area (Å²) in [4.78, 5) is 12.6. The Morgan fingerprint density at radius 1 is 1.00 bits per heavy atom. The maximum atomic E-state index is 12.6. The van der Waals surface area contributed by atoms with E-state index in [1.165, 1.54) is 5.56 Å². The largest absolute Gasteiger partial charge is 0.322 e. The van der Waals surface area contributed by atoms with Crippen LogP contribution in [0, 0.1) is 19.8 Å². The van der Waals surface area contributed by atoms with Crippen LogP contribution in [0.5, 0.6) is 0 Å². The Hall–Kier alpha value is -2.92. The van der Waals surface area contributed by atoms with Crippen molar-refractivity contribution in [2.45, 2.75) is 33.7 Å². The average Bonchev–Trinajstić information content (AvgIpc) is 2.97. The van der Waals surface area contributed by atoms with E-state index >= 15 is 0 Å². The van der Waals surface area contributed by atoms with Gasteiger partial charge in [-0.15, -0.1) is 0 Å². The monoisotopic (exact) mass is 376 g/mol. The fourth-order valence-corrected chi connectivity index (χ4v) is 3.43. The molecule has 1 unspecified atom stereocenters. The number of nitrogens with one attached hydrogen (secondary N) is 2. The summed E-state index contributed by atoms with van der Waals surface area (Å²) >= 11 is 0. The highest BCUT2D eigenvalue weighted by Crippen LogP contribution is 2.23. The van der Waals surface area contributed by atoms with Crippen molar-refractivity contribution in [3.8, 4) is 5.69 Å². The first-order chi connectivity index (χ1) is 13.5. The summed E-state index contributed by atoms with van der Waals surface area (Å²) in [7, 11) is 0. The van der Waals surface area contributed by atoms with Crippen LogP contribution in [-0.4, -0.2) is 22.2 Å². The predicted molar refractivity (Wildman–Crippen MR) is 114 cm³/mol. The van der Waals surface area contributed by atoms with Crippen LogP contribution >= 0.6 is 0 Å². The molecule has 0 aliphatic carbocycles. The van der Waals surface area contributed by atoms with Crippen LogP contribution in [0.15, 0.2) is 60.7 Å². The van der Waals surface area contributed by atoms with Gasteiger partial charge in [-0.25, -0.2) is 4.68 Å². The lowest BCUT2D eigenvalue weighted by Crippen LogP contribution is -2.33. The van der Waals surface area contributed by atoms with Gasteiger partial charge in [0.15, 0.2) is 0 Å². The maximum absolute atomic E-state index is 12.6. The van der Waals surface area contributed by atoms with Crippen molar-refractivity contribution in [1.82, 2.24) is 15.1 Å². The first kappa shape index (κ1) is 19.8. The fraction of sp³-hybridized carbons (Fsp3) is 0.304. The Labute approximate surface area is 166 Å². The Morgan fingerprint density at radius 2 is 1.61 bits per heavy atom. The molecular formula is C23H28N4O. The van der Waals surface area contributed by atoms with Crippen molar-refractivity contribution in [2.24, 2.45) is 5.92 Å². The molecule has 0 fully saturated rings.